The number of hydrogen-bond acceptors (Lipinski definition) is 5. The van der Waals surface area contributed by atoms with Gasteiger partial charge < -0.3 is 15.3 Å². The van der Waals surface area contributed by atoms with Crippen LogP contribution < -0.4 is 5.32 Å². The molecule has 2 aliphatic heterocycles. The summed E-state index contributed by atoms with van der Waals surface area (Å²) in [5.74, 6) is -3.33. The van der Waals surface area contributed by atoms with Gasteiger partial charge in [-0.1, -0.05) is 0 Å². The first-order chi connectivity index (χ1) is 17.4. The number of amides is 1. The summed E-state index contributed by atoms with van der Waals surface area (Å²) in [5, 5.41) is 14.2. The van der Waals surface area contributed by atoms with Crippen LogP contribution in [0.3, 0.4) is 0 Å². The number of carbonyl (C=O) groups is 2. The molecule has 208 valence electrons. The molecule has 3 heterocycles. The molecular weight excluding hydrogens is 541 g/mol. The predicted molar refractivity (Wildman–Crippen MR) is 111 cm³/mol. The number of carboxylic acid groups (broad SMARTS) is 1. The number of halogens is 9. The largest absolute Gasteiger partial charge is 0.490 e. The number of carboxylic acids is 1. The van der Waals surface area contributed by atoms with E-state index in [1.165, 1.54) is 12.3 Å². The minimum atomic E-state index is -5.08. The van der Waals surface area contributed by atoms with Crippen molar-refractivity contribution in [1.82, 2.24) is 25.0 Å². The van der Waals surface area contributed by atoms with Crippen molar-refractivity contribution in [3.05, 3.63) is 41.7 Å². The number of rotatable bonds is 3. The third-order valence-electron chi connectivity index (χ3n) is 5.72. The van der Waals surface area contributed by atoms with Crippen LogP contribution in [0.5, 0.6) is 0 Å². The Morgan fingerprint density at radius 1 is 0.974 bits per heavy atom. The van der Waals surface area contributed by atoms with E-state index in [0.29, 0.717) is 25.2 Å². The molecule has 2 saturated heterocycles. The molecule has 1 aromatic carbocycles. The zero-order chi connectivity index (χ0) is 28.5. The van der Waals surface area contributed by atoms with Gasteiger partial charge in [0.2, 0.25) is 5.91 Å². The van der Waals surface area contributed by atoms with Gasteiger partial charge in [0.05, 0.1) is 11.1 Å². The van der Waals surface area contributed by atoms with Crippen molar-refractivity contribution < 1.29 is 54.2 Å². The Kier molecular flexibility index (Phi) is 7.81. The quantitative estimate of drug-likeness (QED) is 0.437. The third-order valence-corrected chi connectivity index (χ3v) is 5.72. The third kappa shape index (κ3) is 7.02. The molecule has 0 unspecified atom stereocenters. The second kappa shape index (κ2) is 10.3. The summed E-state index contributed by atoms with van der Waals surface area (Å²) in [6.07, 6.45) is -10.5. The van der Waals surface area contributed by atoms with Gasteiger partial charge in [0, 0.05) is 49.4 Å². The molecule has 0 radical (unpaired) electrons. The average molecular weight is 559 g/mol. The van der Waals surface area contributed by atoms with Crippen LogP contribution in [0.2, 0.25) is 0 Å². The van der Waals surface area contributed by atoms with Crippen LogP contribution in [0.25, 0.3) is 17.6 Å². The molecule has 2 fully saturated rings. The molecule has 8 nitrogen and oxygen atoms in total. The van der Waals surface area contributed by atoms with Gasteiger partial charge in [0.1, 0.15) is 6.33 Å². The van der Waals surface area contributed by atoms with Crippen LogP contribution in [-0.4, -0.2) is 69.0 Å². The molecule has 38 heavy (non-hydrogen) atoms. The summed E-state index contributed by atoms with van der Waals surface area (Å²) in [6.45, 7) is 2.99. The normalized spacial score (nSPS) is 17.3. The van der Waals surface area contributed by atoms with Gasteiger partial charge in [-0.05, 0) is 24.6 Å². The fourth-order valence-electron chi connectivity index (χ4n) is 3.70. The number of nitrogens with zero attached hydrogens (tertiary/aromatic N) is 4. The van der Waals surface area contributed by atoms with Gasteiger partial charge in [-0.2, -0.15) is 39.5 Å². The molecule has 17 heteroatoms. The van der Waals surface area contributed by atoms with E-state index in [2.05, 4.69) is 15.4 Å². The van der Waals surface area contributed by atoms with Crippen molar-refractivity contribution in [3.8, 4) is 11.4 Å². The van der Waals surface area contributed by atoms with Crippen molar-refractivity contribution in [3.63, 3.8) is 0 Å². The molecule has 2 aromatic rings. The van der Waals surface area contributed by atoms with E-state index in [0.717, 1.165) is 30.5 Å². The molecule has 1 spiro atoms. The summed E-state index contributed by atoms with van der Waals surface area (Å²) in [7, 11) is 0. The number of likely N-dealkylation sites (tertiary alicyclic amines) is 1. The Bertz CT molecular complexity index is 1180. The van der Waals surface area contributed by atoms with Crippen molar-refractivity contribution in [1.29, 1.82) is 0 Å². The number of carbonyl (C=O) groups excluding carboxylic acids is 1. The first-order valence-corrected chi connectivity index (χ1v) is 10.6. The molecule has 0 bridgehead atoms. The second-order valence-corrected chi connectivity index (χ2v) is 8.57. The highest BCUT2D eigenvalue weighted by Crippen LogP contribution is 2.38. The zero-order valence-electron chi connectivity index (χ0n) is 19.0. The van der Waals surface area contributed by atoms with Crippen molar-refractivity contribution in [2.45, 2.75) is 24.9 Å². The maximum Gasteiger partial charge on any atom is 0.490 e. The van der Waals surface area contributed by atoms with Gasteiger partial charge in [-0.3, -0.25) is 4.79 Å². The monoisotopic (exact) mass is 559 g/mol. The van der Waals surface area contributed by atoms with E-state index < -0.39 is 41.2 Å². The van der Waals surface area contributed by atoms with Gasteiger partial charge in [-0.15, -0.1) is 5.10 Å². The van der Waals surface area contributed by atoms with Gasteiger partial charge in [-0.25, -0.2) is 14.5 Å². The summed E-state index contributed by atoms with van der Waals surface area (Å²) in [4.78, 5) is 26.7. The number of benzene rings is 1. The number of nitrogens with one attached hydrogen (secondary N) is 1. The lowest BCUT2D eigenvalue weighted by Crippen LogP contribution is -2.54. The molecule has 4 rings (SSSR count). The lowest BCUT2D eigenvalue weighted by atomic mass is 9.81. The number of hydrogen-bond donors (Lipinski definition) is 2. The molecule has 0 atom stereocenters. The lowest BCUT2D eigenvalue weighted by Gasteiger charge is -2.38. The highest BCUT2D eigenvalue weighted by atomic mass is 19.4. The van der Waals surface area contributed by atoms with Crippen LogP contribution in [0.4, 0.5) is 39.5 Å². The Balaban J connectivity index is 0.000000505. The van der Waals surface area contributed by atoms with Crippen LogP contribution in [0.1, 0.15) is 17.5 Å². The maximum atomic E-state index is 13.0. The first-order valence-electron chi connectivity index (χ1n) is 10.6. The van der Waals surface area contributed by atoms with E-state index in [-0.39, 0.29) is 23.2 Å². The fourth-order valence-corrected chi connectivity index (χ4v) is 3.70. The number of aromatic nitrogens is 3. The Hall–Kier alpha value is -3.63. The van der Waals surface area contributed by atoms with Crippen LogP contribution in [-0.2, 0) is 21.9 Å². The van der Waals surface area contributed by atoms with Crippen molar-refractivity contribution >= 4 is 18.1 Å². The summed E-state index contributed by atoms with van der Waals surface area (Å²) in [5.41, 5.74) is -3.20. The van der Waals surface area contributed by atoms with Crippen molar-refractivity contribution in [2.75, 3.05) is 26.2 Å². The molecular formula is C21H18F9N5O3. The smallest absolute Gasteiger partial charge is 0.475 e. The Morgan fingerprint density at radius 3 is 1.95 bits per heavy atom. The van der Waals surface area contributed by atoms with E-state index in [1.807, 2.05) is 0 Å². The van der Waals surface area contributed by atoms with E-state index in [1.54, 1.807) is 4.90 Å². The lowest BCUT2D eigenvalue weighted by molar-refractivity contribution is -0.192. The molecule has 0 aliphatic carbocycles. The minimum absolute atomic E-state index is 0.0412. The highest BCUT2D eigenvalue weighted by Gasteiger charge is 2.44. The number of aliphatic carboxylic acids is 1. The fraction of sp³-hybridized carbons (Fsp3) is 0.429. The molecule has 2 N–H and O–H groups in total. The molecule has 1 aromatic heterocycles. The average Bonchev–Trinajstić information content (AvgIpc) is 3.43. The highest BCUT2D eigenvalue weighted by molar-refractivity contribution is 5.90. The number of alkyl halides is 9. The predicted octanol–water partition coefficient (Wildman–Crippen LogP) is 3.91. The van der Waals surface area contributed by atoms with Gasteiger partial charge in [0.25, 0.3) is 0 Å². The summed E-state index contributed by atoms with van der Waals surface area (Å²) in [6, 6.07) is 1.15. The molecule has 1 amide bonds. The standard InChI is InChI=1S/C19H17F6N5O.C2HF3O2/c20-18(21,22)13-5-12(6-14(7-13)19(23,24)25)16-27-11-30(28-16)3-1-15(31)29-4-2-17(10-29)8-26-9-17;3-2(4,5)1(6)7/h1,3,5-7,11,26H,2,4,8-10H2;(H,6,7)/b3-1-;. The zero-order valence-corrected chi connectivity index (χ0v) is 19.0. The summed E-state index contributed by atoms with van der Waals surface area (Å²) >= 11 is 0. The van der Waals surface area contributed by atoms with E-state index in [9.17, 15) is 44.3 Å². The SMILES string of the molecule is O=C(/C=C\n1cnc(-c2cc(C(F)(F)F)cc(C(F)(F)F)c2)n1)N1CCC2(CNC2)C1.O=C(O)C(F)(F)F. The van der Waals surface area contributed by atoms with E-state index in [4.69, 9.17) is 9.90 Å². The Morgan fingerprint density at radius 2 is 1.53 bits per heavy atom. The topological polar surface area (TPSA) is 100 Å². The van der Waals surface area contributed by atoms with Crippen LogP contribution in [0, 0.1) is 5.41 Å². The Labute approximate surface area is 207 Å². The second-order valence-electron chi connectivity index (χ2n) is 8.57. The minimum Gasteiger partial charge on any atom is -0.475 e. The first kappa shape index (κ1) is 28.9. The van der Waals surface area contributed by atoms with Crippen LogP contribution >= 0.6 is 0 Å². The van der Waals surface area contributed by atoms with Crippen LogP contribution in [0.15, 0.2) is 30.6 Å². The summed E-state index contributed by atoms with van der Waals surface area (Å²) < 4.78 is 111. The maximum absolute atomic E-state index is 13.0. The van der Waals surface area contributed by atoms with Crippen molar-refractivity contribution in [2.24, 2.45) is 5.41 Å². The van der Waals surface area contributed by atoms with E-state index >= 15 is 0 Å². The van der Waals surface area contributed by atoms with Gasteiger partial charge in [0.15, 0.2) is 5.82 Å². The van der Waals surface area contributed by atoms with Gasteiger partial charge >= 0.3 is 24.5 Å². The molecule has 0 saturated carbocycles. The molecule has 2 aliphatic rings.